The monoisotopic (exact) mass is 195 g/mol. The third-order valence-electron chi connectivity index (χ3n) is 2.76. The average molecular weight is 195 g/mol. The van der Waals surface area contributed by atoms with Crippen molar-refractivity contribution in [2.75, 3.05) is 6.54 Å². The fraction of sp³-hybridized carbons (Fsp3) is 0.500. The third-order valence-corrected chi connectivity index (χ3v) is 3.76. The van der Waals surface area contributed by atoms with Crippen molar-refractivity contribution in [1.82, 2.24) is 0 Å². The first kappa shape index (κ1) is 8.91. The molecule has 0 bridgehead atoms. The lowest BCUT2D eigenvalue weighted by Crippen LogP contribution is -2.21. The second-order valence-corrected chi connectivity index (χ2v) is 4.48. The molecule has 0 amide bonds. The molecule has 1 aliphatic carbocycles. The first-order chi connectivity index (χ1) is 6.35. The van der Waals surface area contributed by atoms with E-state index in [0.29, 0.717) is 5.92 Å². The Kier molecular flexibility index (Phi) is 2.47. The molecule has 2 N–H and O–H groups in total. The van der Waals surface area contributed by atoms with Crippen molar-refractivity contribution in [3.8, 4) is 0 Å². The van der Waals surface area contributed by atoms with Gasteiger partial charge in [-0.1, -0.05) is 0 Å². The fourth-order valence-corrected chi connectivity index (χ4v) is 2.89. The van der Waals surface area contributed by atoms with Crippen molar-refractivity contribution in [3.05, 3.63) is 21.4 Å². The summed E-state index contributed by atoms with van der Waals surface area (Å²) in [5.74, 6) is 0.626. The molecule has 1 heterocycles. The van der Waals surface area contributed by atoms with Gasteiger partial charge in [0.1, 0.15) is 0 Å². The number of carbonyl (C=O) groups is 1. The molecule has 13 heavy (non-hydrogen) atoms. The topological polar surface area (TPSA) is 43.1 Å². The summed E-state index contributed by atoms with van der Waals surface area (Å²) >= 11 is 1.57. The van der Waals surface area contributed by atoms with Crippen LogP contribution in [0.1, 0.15) is 27.2 Å². The standard InChI is InChI=1S/C10H13NOS/c11-4-7-1-2-9-8(3-7)6-13-10(9)5-12/h5-7H,1-4,11H2. The first-order valence-corrected chi connectivity index (χ1v) is 5.47. The van der Waals surface area contributed by atoms with Crippen LogP contribution in [0.2, 0.25) is 0 Å². The van der Waals surface area contributed by atoms with Crippen LogP contribution in [0.4, 0.5) is 0 Å². The SMILES string of the molecule is NCC1CCc2c(csc2C=O)C1. The van der Waals surface area contributed by atoms with Crippen LogP contribution in [0.25, 0.3) is 0 Å². The zero-order valence-electron chi connectivity index (χ0n) is 7.45. The van der Waals surface area contributed by atoms with Crippen molar-refractivity contribution in [2.24, 2.45) is 11.7 Å². The molecule has 3 heteroatoms. The highest BCUT2D eigenvalue weighted by Crippen LogP contribution is 2.30. The van der Waals surface area contributed by atoms with E-state index in [0.717, 1.165) is 37.0 Å². The number of aldehydes is 1. The number of nitrogens with two attached hydrogens (primary N) is 1. The summed E-state index contributed by atoms with van der Waals surface area (Å²) in [5, 5.41) is 2.11. The van der Waals surface area contributed by atoms with E-state index in [9.17, 15) is 4.79 Å². The van der Waals surface area contributed by atoms with E-state index in [2.05, 4.69) is 5.38 Å². The van der Waals surface area contributed by atoms with Gasteiger partial charge >= 0.3 is 0 Å². The minimum atomic E-state index is 0.626. The van der Waals surface area contributed by atoms with E-state index in [1.807, 2.05) is 0 Å². The summed E-state index contributed by atoms with van der Waals surface area (Å²) < 4.78 is 0. The third kappa shape index (κ3) is 1.54. The highest BCUT2D eigenvalue weighted by atomic mass is 32.1. The van der Waals surface area contributed by atoms with E-state index in [1.165, 1.54) is 11.1 Å². The molecule has 1 aromatic heterocycles. The number of fused-ring (bicyclic) bond motifs is 1. The van der Waals surface area contributed by atoms with Gasteiger partial charge < -0.3 is 5.73 Å². The molecule has 0 aliphatic heterocycles. The number of hydrogen-bond donors (Lipinski definition) is 1. The van der Waals surface area contributed by atoms with E-state index in [4.69, 9.17) is 5.73 Å². The van der Waals surface area contributed by atoms with Crippen LogP contribution in [0.15, 0.2) is 5.38 Å². The molecule has 0 spiro atoms. The molecular formula is C10H13NOS. The van der Waals surface area contributed by atoms with Crippen LogP contribution in [-0.4, -0.2) is 12.8 Å². The average Bonchev–Trinajstić information content (AvgIpc) is 2.59. The molecule has 1 atom stereocenters. The minimum absolute atomic E-state index is 0.626. The van der Waals surface area contributed by atoms with Crippen molar-refractivity contribution >= 4 is 17.6 Å². The number of thiophene rings is 1. The highest BCUT2D eigenvalue weighted by Gasteiger charge is 2.20. The van der Waals surface area contributed by atoms with Crippen LogP contribution in [0, 0.1) is 5.92 Å². The van der Waals surface area contributed by atoms with Crippen molar-refractivity contribution < 1.29 is 4.79 Å². The summed E-state index contributed by atoms with van der Waals surface area (Å²) in [6.45, 7) is 0.770. The Labute approximate surface area is 81.8 Å². The van der Waals surface area contributed by atoms with Crippen molar-refractivity contribution in [2.45, 2.75) is 19.3 Å². The van der Waals surface area contributed by atoms with Crippen LogP contribution in [0.3, 0.4) is 0 Å². The molecule has 1 unspecified atom stereocenters. The summed E-state index contributed by atoms with van der Waals surface area (Å²) in [6.07, 6.45) is 4.22. The van der Waals surface area contributed by atoms with Gasteiger partial charge in [-0.3, -0.25) is 4.79 Å². The van der Waals surface area contributed by atoms with Crippen LogP contribution in [-0.2, 0) is 12.8 Å². The lowest BCUT2D eigenvalue weighted by atomic mass is 9.85. The largest absolute Gasteiger partial charge is 0.330 e. The molecule has 2 rings (SSSR count). The molecule has 0 aromatic carbocycles. The maximum absolute atomic E-state index is 10.7. The van der Waals surface area contributed by atoms with E-state index < -0.39 is 0 Å². The van der Waals surface area contributed by atoms with Gasteiger partial charge in [-0.05, 0) is 48.2 Å². The Hall–Kier alpha value is -0.670. The van der Waals surface area contributed by atoms with Gasteiger partial charge in [0.15, 0.2) is 6.29 Å². The van der Waals surface area contributed by atoms with Gasteiger partial charge in [0.25, 0.3) is 0 Å². The molecular weight excluding hydrogens is 182 g/mol. The zero-order valence-corrected chi connectivity index (χ0v) is 8.27. The van der Waals surface area contributed by atoms with Crippen molar-refractivity contribution in [3.63, 3.8) is 0 Å². The van der Waals surface area contributed by atoms with Crippen LogP contribution in [0.5, 0.6) is 0 Å². The summed E-state index contributed by atoms with van der Waals surface area (Å²) in [6, 6.07) is 0. The van der Waals surface area contributed by atoms with Crippen LogP contribution >= 0.6 is 11.3 Å². The van der Waals surface area contributed by atoms with Gasteiger partial charge in [-0.15, -0.1) is 11.3 Å². The molecule has 0 radical (unpaired) electrons. The van der Waals surface area contributed by atoms with Gasteiger partial charge in [0, 0.05) is 0 Å². The fourth-order valence-electron chi connectivity index (χ4n) is 1.95. The Morgan fingerprint density at radius 1 is 1.69 bits per heavy atom. The molecule has 70 valence electrons. The predicted octanol–water partition coefficient (Wildman–Crippen LogP) is 1.62. The van der Waals surface area contributed by atoms with Crippen molar-refractivity contribution in [1.29, 1.82) is 0 Å². The number of carbonyl (C=O) groups excluding carboxylic acids is 1. The quantitative estimate of drug-likeness (QED) is 0.729. The van der Waals surface area contributed by atoms with Crippen LogP contribution < -0.4 is 5.73 Å². The van der Waals surface area contributed by atoms with Gasteiger partial charge in [-0.25, -0.2) is 0 Å². The minimum Gasteiger partial charge on any atom is -0.330 e. The lowest BCUT2D eigenvalue weighted by molar-refractivity contribution is 0.112. The van der Waals surface area contributed by atoms with Gasteiger partial charge in [-0.2, -0.15) is 0 Å². The Balaban J connectivity index is 2.27. The summed E-state index contributed by atoms with van der Waals surface area (Å²) in [4.78, 5) is 11.6. The van der Waals surface area contributed by atoms with Gasteiger partial charge in [0.2, 0.25) is 0 Å². The maximum atomic E-state index is 10.7. The molecule has 2 nitrogen and oxygen atoms in total. The summed E-state index contributed by atoms with van der Waals surface area (Å²) in [7, 11) is 0. The Morgan fingerprint density at radius 3 is 3.23 bits per heavy atom. The second-order valence-electron chi connectivity index (χ2n) is 3.57. The normalized spacial score (nSPS) is 21.2. The highest BCUT2D eigenvalue weighted by molar-refractivity contribution is 7.12. The Bertz CT molecular complexity index is 319. The zero-order chi connectivity index (χ0) is 9.26. The van der Waals surface area contributed by atoms with E-state index >= 15 is 0 Å². The first-order valence-electron chi connectivity index (χ1n) is 4.59. The Morgan fingerprint density at radius 2 is 2.54 bits per heavy atom. The molecule has 1 aliphatic rings. The van der Waals surface area contributed by atoms with E-state index in [-0.39, 0.29) is 0 Å². The molecule has 0 saturated carbocycles. The molecule has 0 fully saturated rings. The summed E-state index contributed by atoms with van der Waals surface area (Å²) in [5.41, 5.74) is 8.27. The van der Waals surface area contributed by atoms with E-state index in [1.54, 1.807) is 11.3 Å². The lowest BCUT2D eigenvalue weighted by Gasteiger charge is -2.20. The number of hydrogen-bond acceptors (Lipinski definition) is 3. The second kappa shape index (κ2) is 3.60. The number of rotatable bonds is 2. The van der Waals surface area contributed by atoms with Gasteiger partial charge in [0.05, 0.1) is 4.88 Å². The maximum Gasteiger partial charge on any atom is 0.160 e. The smallest absolute Gasteiger partial charge is 0.160 e. The molecule has 1 aromatic rings. The molecule has 0 saturated heterocycles. The predicted molar refractivity (Wildman–Crippen MR) is 54.3 cm³/mol.